The van der Waals surface area contributed by atoms with Crippen molar-refractivity contribution in [1.29, 1.82) is 0 Å². The number of allylic oxidation sites excluding steroid dienone is 1. The summed E-state index contributed by atoms with van der Waals surface area (Å²) in [7, 11) is 1.95. The van der Waals surface area contributed by atoms with Crippen molar-refractivity contribution in [2.75, 3.05) is 7.05 Å². The third-order valence-electron chi connectivity index (χ3n) is 1.04. The number of nitrogens with zero attached hydrogens (tertiary/aromatic N) is 1. The number of hydrogen-bond donors (Lipinski definition) is 2. The molecule has 0 aliphatic carbocycles. The van der Waals surface area contributed by atoms with E-state index in [1.165, 1.54) is 5.70 Å². The molecule has 0 spiro atoms. The molecule has 0 saturated heterocycles. The lowest BCUT2D eigenvalue weighted by Crippen LogP contribution is -2.33. The molecule has 0 atom stereocenters. The smallest absolute Gasteiger partial charge is 0.0448 e. The lowest BCUT2D eigenvalue weighted by Gasteiger charge is -2.09. The Morgan fingerprint density at radius 1 is 1.44 bits per heavy atom. The van der Waals surface area contributed by atoms with E-state index in [1.807, 2.05) is 39.0 Å². The Balaban J connectivity index is 0.000000291. The minimum atomic E-state index is 1.19. The second-order valence-corrected chi connectivity index (χ2v) is 1.60. The van der Waals surface area contributed by atoms with Crippen LogP contribution in [0, 0.1) is 0 Å². The van der Waals surface area contributed by atoms with E-state index in [0.717, 1.165) is 0 Å². The molecule has 54 valence electrons. The molecule has 1 aliphatic rings. The zero-order chi connectivity index (χ0) is 7.28. The Hall–Kier alpha value is -0.700. The predicted molar refractivity (Wildman–Crippen MR) is 39.1 cm³/mol. The van der Waals surface area contributed by atoms with E-state index < -0.39 is 0 Å². The van der Waals surface area contributed by atoms with Gasteiger partial charge in [0.15, 0.2) is 0 Å². The van der Waals surface area contributed by atoms with Crippen LogP contribution in [-0.2, 0) is 0 Å². The maximum Gasteiger partial charge on any atom is 0.0448 e. The van der Waals surface area contributed by atoms with Crippen LogP contribution in [-0.4, -0.2) is 12.1 Å². The van der Waals surface area contributed by atoms with Crippen LogP contribution in [0.5, 0.6) is 0 Å². The number of nitrogens with one attached hydrogen (secondary N) is 2. The van der Waals surface area contributed by atoms with Gasteiger partial charge in [-0.15, -0.1) is 5.53 Å². The SMILES string of the molecule is CC.CC1=CNNN1C. The van der Waals surface area contributed by atoms with Crippen LogP contribution < -0.4 is 11.0 Å². The molecular weight excluding hydrogens is 114 g/mol. The van der Waals surface area contributed by atoms with Gasteiger partial charge in [-0.2, -0.15) is 0 Å². The van der Waals surface area contributed by atoms with Crippen LogP contribution in [0.2, 0.25) is 0 Å². The van der Waals surface area contributed by atoms with E-state index in [9.17, 15) is 0 Å². The first kappa shape index (κ1) is 8.30. The van der Waals surface area contributed by atoms with Gasteiger partial charge in [-0.3, -0.25) is 5.01 Å². The van der Waals surface area contributed by atoms with Crippen molar-refractivity contribution in [3.8, 4) is 0 Å². The molecule has 0 radical (unpaired) electrons. The summed E-state index contributed by atoms with van der Waals surface area (Å²) in [5.74, 6) is 0. The molecule has 0 aromatic rings. The summed E-state index contributed by atoms with van der Waals surface area (Å²) in [6.45, 7) is 6.02. The van der Waals surface area contributed by atoms with E-state index in [2.05, 4.69) is 11.0 Å². The summed E-state index contributed by atoms with van der Waals surface area (Å²) in [6.07, 6.45) is 1.90. The lowest BCUT2D eigenvalue weighted by atomic mass is 10.5. The molecule has 3 heteroatoms. The number of hydrazine groups is 2. The molecule has 0 aromatic carbocycles. The normalized spacial score (nSPS) is 15.6. The predicted octanol–water partition coefficient (Wildman–Crippen LogP) is 0.829. The van der Waals surface area contributed by atoms with Crippen molar-refractivity contribution in [2.24, 2.45) is 0 Å². The average Bonchev–Trinajstić information content (AvgIpc) is 2.23. The Labute approximate surface area is 56.7 Å². The second kappa shape index (κ2) is 4.21. The van der Waals surface area contributed by atoms with Crippen molar-refractivity contribution in [1.82, 2.24) is 16.0 Å². The highest BCUT2D eigenvalue weighted by Crippen LogP contribution is 1.95. The summed E-state index contributed by atoms with van der Waals surface area (Å²) in [4.78, 5) is 0. The molecule has 3 nitrogen and oxygen atoms in total. The standard InChI is InChI=1S/C4H9N3.C2H6/c1-4-3-5-6-7(4)2;1-2/h3,5-6H,1-2H3;1-2H3. The quantitative estimate of drug-likeness (QED) is 0.507. The van der Waals surface area contributed by atoms with Crippen LogP contribution in [0.3, 0.4) is 0 Å². The van der Waals surface area contributed by atoms with Crippen LogP contribution in [0.4, 0.5) is 0 Å². The average molecular weight is 129 g/mol. The maximum atomic E-state index is 2.86. The molecule has 0 fully saturated rings. The van der Waals surface area contributed by atoms with Crippen molar-refractivity contribution in [3.63, 3.8) is 0 Å². The maximum absolute atomic E-state index is 2.86. The molecule has 1 heterocycles. The second-order valence-electron chi connectivity index (χ2n) is 1.60. The van der Waals surface area contributed by atoms with Crippen molar-refractivity contribution in [2.45, 2.75) is 20.8 Å². The van der Waals surface area contributed by atoms with Crippen LogP contribution in [0.1, 0.15) is 20.8 Å². The zero-order valence-corrected chi connectivity index (χ0v) is 6.52. The molecular formula is C6H15N3. The van der Waals surface area contributed by atoms with Gasteiger partial charge < -0.3 is 5.43 Å². The van der Waals surface area contributed by atoms with Gasteiger partial charge in [-0.1, -0.05) is 13.8 Å². The first-order chi connectivity index (χ1) is 4.30. The first-order valence-corrected chi connectivity index (χ1v) is 3.22. The van der Waals surface area contributed by atoms with Gasteiger partial charge >= 0.3 is 0 Å². The third kappa shape index (κ3) is 2.37. The molecule has 0 saturated carbocycles. The van der Waals surface area contributed by atoms with Gasteiger partial charge in [0.1, 0.15) is 0 Å². The number of hydrogen-bond acceptors (Lipinski definition) is 3. The highest BCUT2D eigenvalue weighted by atomic mass is 15.7. The fraction of sp³-hybridized carbons (Fsp3) is 0.667. The first-order valence-electron chi connectivity index (χ1n) is 3.22. The summed E-state index contributed by atoms with van der Waals surface area (Å²) in [6, 6.07) is 0. The topological polar surface area (TPSA) is 27.3 Å². The molecule has 1 aliphatic heterocycles. The molecule has 0 bridgehead atoms. The molecule has 0 unspecified atom stereocenters. The summed E-state index contributed by atoms with van der Waals surface area (Å²) >= 11 is 0. The summed E-state index contributed by atoms with van der Waals surface area (Å²) < 4.78 is 0. The molecule has 0 amide bonds. The highest BCUT2D eigenvalue weighted by molar-refractivity contribution is 4.96. The Bertz CT molecular complexity index is 98.5. The van der Waals surface area contributed by atoms with E-state index in [0.29, 0.717) is 0 Å². The fourth-order valence-electron chi connectivity index (χ4n) is 0.419. The summed E-state index contributed by atoms with van der Waals surface area (Å²) in [5, 5.41) is 1.90. The van der Waals surface area contributed by atoms with Crippen molar-refractivity contribution in [3.05, 3.63) is 11.9 Å². The van der Waals surface area contributed by atoms with Gasteiger partial charge in [0.2, 0.25) is 0 Å². The van der Waals surface area contributed by atoms with E-state index in [4.69, 9.17) is 0 Å². The molecule has 0 aromatic heterocycles. The molecule has 9 heavy (non-hydrogen) atoms. The van der Waals surface area contributed by atoms with Crippen molar-refractivity contribution >= 4 is 0 Å². The fourth-order valence-corrected chi connectivity index (χ4v) is 0.419. The summed E-state index contributed by atoms with van der Waals surface area (Å²) in [5.41, 5.74) is 6.89. The Morgan fingerprint density at radius 3 is 2.11 bits per heavy atom. The van der Waals surface area contributed by atoms with Crippen LogP contribution in [0.25, 0.3) is 0 Å². The number of rotatable bonds is 0. The van der Waals surface area contributed by atoms with Gasteiger partial charge in [0.05, 0.1) is 0 Å². The minimum absolute atomic E-state index is 1.19. The molecule has 1 rings (SSSR count). The van der Waals surface area contributed by atoms with Gasteiger partial charge in [-0.05, 0) is 6.92 Å². The Kier molecular flexibility index (Phi) is 3.88. The van der Waals surface area contributed by atoms with Gasteiger partial charge in [0, 0.05) is 18.9 Å². The van der Waals surface area contributed by atoms with Crippen LogP contribution >= 0.6 is 0 Å². The highest BCUT2D eigenvalue weighted by Gasteiger charge is 2.00. The van der Waals surface area contributed by atoms with E-state index in [1.54, 1.807) is 0 Å². The monoisotopic (exact) mass is 129 g/mol. The largest absolute Gasteiger partial charge is 0.309 e. The van der Waals surface area contributed by atoms with E-state index in [-0.39, 0.29) is 0 Å². The minimum Gasteiger partial charge on any atom is -0.309 e. The zero-order valence-electron chi connectivity index (χ0n) is 6.52. The molecule has 2 N–H and O–H groups in total. The van der Waals surface area contributed by atoms with E-state index >= 15 is 0 Å². The van der Waals surface area contributed by atoms with Gasteiger partial charge in [-0.25, -0.2) is 0 Å². The van der Waals surface area contributed by atoms with Crippen LogP contribution in [0.15, 0.2) is 11.9 Å². The van der Waals surface area contributed by atoms with Crippen molar-refractivity contribution < 1.29 is 0 Å². The third-order valence-corrected chi connectivity index (χ3v) is 1.04. The Morgan fingerprint density at radius 2 is 2.00 bits per heavy atom. The lowest BCUT2D eigenvalue weighted by molar-refractivity contribution is 0.307. The van der Waals surface area contributed by atoms with Gasteiger partial charge in [0.25, 0.3) is 0 Å².